The van der Waals surface area contributed by atoms with Crippen LogP contribution in [0.3, 0.4) is 0 Å². The molecule has 0 radical (unpaired) electrons. The molecule has 4 nitrogen and oxygen atoms in total. The van der Waals surface area contributed by atoms with E-state index in [1.165, 1.54) is 12.1 Å². The Balaban J connectivity index is 1.70. The molecule has 6 heteroatoms. The Morgan fingerprint density at radius 3 is 2.79 bits per heavy atom. The highest BCUT2D eigenvalue weighted by molar-refractivity contribution is 6.32. The first-order chi connectivity index (χ1) is 11.6. The molecule has 0 heterocycles. The highest BCUT2D eigenvalue weighted by atomic mass is 35.5. The maximum absolute atomic E-state index is 13.4. The van der Waals surface area contributed by atoms with Gasteiger partial charge in [0.05, 0.1) is 10.7 Å². The second kappa shape index (κ2) is 8.93. The molecule has 0 fully saturated rings. The van der Waals surface area contributed by atoms with E-state index in [2.05, 4.69) is 5.32 Å². The van der Waals surface area contributed by atoms with Gasteiger partial charge < -0.3 is 15.8 Å². The van der Waals surface area contributed by atoms with Gasteiger partial charge in [-0.3, -0.25) is 0 Å². The van der Waals surface area contributed by atoms with Gasteiger partial charge in [-0.2, -0.15) is 0 Å². The van der Waals surface area contributed by atoms with Crippen LogP contribution in [-0.4, -0.2) is 12.6 Å². The standard InChI is InChI=1S/C18H18ClFN2O2/c19-15-11-17(21)16(20)10-14(15)8-4-5-9-22-18(23)24-12-13-6-2-1-3-7-13/h1-4,6-8,10-11H,5,9,12,21H2,(H,22,23). The smallest absolute Gasteiger partial charge is 0.407 e. The van der Waals surface area contributed by atoms with E-state index in [4.69, 9.17) is 22.1 Å². The maximum atomic E-state index is 13.4. The average molecular weight is 349 g/mol. The van der Waals surface area contributed by atoms with Crippen molar-refractivity contribution in [3.63, 3.8) is 0 Å². The van der Waals surface area contributed by atoms with Crippen molar-refractivity contribution in [2.75, 3.05) is 12.3 Å². The third-order valence-electron chi connectivity index (χ3n) is 3.21. The second-order valence-corrected chi connectivity index (χ2v) is 5.48. The Labute approximate surface area is 145 Å². The lowest BCUT2D eigenvalue weighted by molar-refractivity contribution is 0.140. The minimum absolute atomic E-state index is 0.0139. The molecule has 0 saturated heterocycles. The number of carbonyl (C=O) groups excluding carboxylic acids is 1. The molecular formula is C18H18ClFN2O2. The van der Waals surface area contributed by atoms with Gasteiger partial charge in [0.2, 0.25) is 0 Å². The number of nitrogens with one attached hydrogen (secondary N) is 1. The zero-order valence-corrected chi connectivity index (χ0v) is 13.7. The number of nitrogens with two attached hydrogens (primary N) is 1. The minimum atomic E-state index is -0.512. The molecule has 2 aromatic rings. The number of benzene rings is 2. The van der Waals surface area contributed by atoms with Gasteiger partial charge in [0.1, 0.15) is 12.4 Å². The molecule has 0 spiro atoms. The first-order valence-corrected chi connectivity index (χ1v) is 7.79. The molecule has 126 valence electrons. The lowest BCUT2D eigenvalue weighted by Gasteiger charge is -2.06. The van der Waals surface area contributed by atoms with Crippen molar-refractivity contribution < 1.29 is 13.9 Å². The van der Waals surface area contributed by atoms with Gasteiger partial charge in [-0.15, -0.1) is 0 Å². The summed E-state index contributed by atoms with van der Waals surface area (Å²) in [6.45, 7) is 0.627. The molecule has 0 bridgehead atoms. The largest absolute Gasteiger partial charge is 0.445 e. The number of hydrogen-bond donors (Lipinski definition) is 2. The number of alkyl carbamates (subject to hydrolysis) is 1. The van der Waals surface area contributed by atoms with Crippen molar-refractivity contribution >= 4 is 29.5 Å². The maximum Gasteiger partial charge on any atom is 0.407 e. The van der Waals surface area contributed by atoms with Gasteiger partial charge in [-0.05, 0) is 29.7 Å². The molecular weight excluding hydrogens is 331 g/mol. The predicted octanol–water partition coefficient (Wildman–Crippen LogP) is 4.39. The summed E-state index contributed by atoms with van der Waals surface area (Å²) in [5.74, 6) is -0.512. The number of amides is 1. The van der Waals surface area contributed by atoms with E-state index in [9.17, 15) is 9.18 Å². The summed E-state index contributed by atoms with van der Waals surface area (Å²) in [4.78, 5) is 11.5. The number of ether oxygens (including phenoxy) is 1. The van der Waals surface area contributed by atoms with E-state index in [1.807, 2.05) is 30.3 Å². The van der Waals surface area contributed by atoms with Crippen molar-refractivity contribution in [1.82, 2.24) is 5.32 Å². The van der Waals surface area contributed by atoms with Crippen molar-refractivity contribution in [2.24, 2.45) is 0 Å². The molecule has 0 saturated carbocycles. The van der Waals surface area contributed by atoms with Crippen molar-refractivity contribution in [3.8, 4) is 0 Å². The molecule has 3 N–H and O–H groups in total. The Morgan fingerprint density at radius 2 is 2.04 bits per heavy atom. The average Bonchev–Trinajstić information content (AvgIpc) is 2.58. The van der Waals surface area contributed by atoms with Crippen LogP contribution in [0.1, 0.15) is 17.5 Å². The Bertz CT molecular complexity index is 720. The number of carbonyl (C=O) groups is 1. The lowest BCUT2D eigenvalue weighted by atomic mass is 10.1. The molecule has 0 aliphatic rings. The van der Waals surface area contributed by atoms with E-state index >= 15 is 0 Å². The fraction of sp³-hybridized carbons (Fsp3) is 0.167. The van der Waals surface area contributed by atoms with Gasteiger partial charge in [-0.25, -0.2) is 9.18 Å². The van der Waals surface area contributed by atoms with E-state index in [0.29, 0.717) is 23.6 Å². The molecule has 24 heavy (non-hydrogen) atoms. The lowest BCUT2D eigenvalue weighted by Crippen LogP contribution is -2.24. The molecule has 0 aliphatic heterocycles. The molecule has 0 unspecified atom stereocenters. The van der Waals surface area contributed by atoms with Crippen molar-refractivity contribution in [2.45, 2.75) is 13.0 Å². The number of nitrogen functional groups attached to an aromatic ring is 1. The van der Waals surface area contributed by atoms with Crippen molar-refractivity contribution in [3.05, 3.63) is 70.5 Å². The SMILES string of the molecule is Nc1cc(Cl)c(C=CCCNC(=O)OCc2ccccc2)cc1F. The fourth-order valence-corrected chi connectivity index (χ4v) is 2.18. The number of anilines is 1. The summed E-state index contributed by atoms with van der Waals surface area (Å²) in [5.41, 5.74) is 6.90. The second-order valence-electron chi connectivity index (χ2n) is 5.07. The van der Waals surface area contributed by atoms with Crippen LogP contribution in [-0.2, 0) is 11.3 Å². The molecule has 0 aromatic heterocycles. The summed E-state index contributed by atoms with van der Waals surface area (Å²) in [7, 11) is 0. The van der Waals surface area contributed by atoms with Crippen LogP contribution in [0.5, 0.6) is 0 Å². The summed E-state index contributed by atoms with van der Waals surface area (Å²) >= 11 is 5.98. The first-order valence-electron chi connectivity index (χ1n) is 7.42. The van der Waals surface area contributed by atoms with Crippen LogP contribution in [0.2, 0.25) is 5.02 Å². The number of halogens is 2. The molecule has 2 rings (SSSR count). The zero-order chi connectivity index (χ0) is 17.4. The highest BCUT2D eigenvalue weighted by Gasteiger charge is 2.04. The van der Waals surface area contributed by atoms with Crippen LogP contribution in [0.4, 0.5) is 14.9 Å². The van der Waals surface area contributed by atoms with Crippen LogP contribution >= 0.6 is 11.6 Å². The Morgan fingerprint density at radius 1 is 1.29 bits per heavy atom. The van der Waals surface area contributed by atoms with E-state index in [1.54, 1.807) is 12.2 Å². The third kappa shape index (κ3) is 5.59. The molecule has 0 atom stereocenters. The summed E-state index contributed by atoms with van der Waals surface area (Å²) < 4.78 is 18.5. The third-order valence-corrected chi connectivity index (χ3v) is 3.53. The predicted molar refractivity (Wildman–Crippen MR) is 94.1 cm³/mol. The van der Waals surface area contributed by atoms with Crippen LogP contribution < -0.4 is 11.1 Å². The van der Waals surface area contributed by atoms with Gasteiger partial charge in [0, 0.05) is 6.54 Å². The molecule has 1 amide bonds. The minimum Gasteiger partial charge on any atom is -0.445 e. The van der Waals surface area contributed by atoms with Crippen LogP contribution in [0.25, 0.3) is 6.08 Å². The van der Waals surface area contributed by atoms with Crippen LogP contribution in [0, 0.1) is 5.82 Å². The summed E-state index contributed by atoms with van der Waals surface area (Å²) in [5, 5.41) is 3.01. The summed E-state index contributed by atoms with van der Waals surface area (Å²) in [6.07, 6.45) is 3.54. The molecule has 0 aliphatic carbocycles. The monoisotopic (exact) mass is 348 g/mol. The van der Waals surface area contributed by atoms with Crippen LogP contribution in [0.15, 0.2) is 48.5 Å². The Hall–Kier alpha value is -2.53. The first kappa shape index (κ1) is 17.8. The van der Waals surface area contributed by atoms with Crippen molar-refractivity contribution in [1.29, 1.82) is 0 Å². The topological polar surface area (TPSA) is 64.3 Å². The Kier molecular flexibility index (Phi) is 6.63. The fourth-order valence-electron chi connectivity index (χ4n) is 1.95. The van der Waals surface area contributed by atoms with Gasteiger partial charge in [0.15, 0.2) is 0 Å². The van der Waals surface area contributed by atoms with E-state index in [0.717, 1.165) is 5.56 Å². The highest BCUT2D eigenvalue weighted by Crippen LogP contribution is 2.23. The van der Waals surface area contributed by atoms with Gasteiger partial charge in [-0.1, -0.05) is 54.1 Å². The number of rotatable bonds is 6. The van der Waals surface area contributed by atoms with Gasteiger partial charge in [0.25, 0.3) is 0 Å². The quantitative estimate of drug-likeness (QED) is 0.601. The zero-order valence-electron chi connectivity index (χ0n) is 13.0. The van der Waals surface area contributed by atoms with E-state index < -0.39 is 11.9 Å². The van der Waals surface area contributed by atoms with Gasteiger partial charge >= 0.3 is 6.09 Å². The molecule has 2 aromatic carbocycles. The summed E-state index contributed by atoms with van der Waals surface area (Å²) in [6, 6.07) is 12.1. The van der Waals surface area contributed by atoms with E-state index in [-0.39, 0.29) is 12.3 Å². The number of hydrogen-bond acceptors (Lipinski definition) is 3. The normalized spacial score (nSPS) is 10.8.